The van der Waals surface area contributed by atoms with Gasteiger partial charge in [0.15, 0.2) is 11.5 Å². The fourth-order valence-corrected chi connectivity index (χ4v) is 3.77. The number of sulfonamides is 1. The van der Waals surface area contributed by atoms with E-state index in [4.69, 9.17) is 14.2 Å². The zero-order chi connectivity index (χ0) is 19.9. The average molecular weight is 394 g/mol. The van der Waals surface area contributed by atoms with Gasteiger partial charge in [0.1, 0.15) is 0 Å². The second kappa shape index (κ2) is 9.36. The molecule has 27 heavy (non-hydrogen) atoms. The van der Waals surface area contributed by atoms with Crippen LogP contribution in [0.2, 0.25) is 0 Å². The van der Waals surface area contributed by atoms with Gasteiger partial charge in [0.2, 0.25) is 15.8 Å². The predicted molar refractivity (Wildman–Crippen MR) is 108 cm³/mol. The lowest BCUT2D eigenvalue weighted by Crippen LogP contribution is -2.16. The van der Waals surface area contributed by atoms with Gasteiger partial charge in [0.05, 0.1) is 27.1 Å². The first-order valence-electron chi connectivity index (χ1n) is 8.60. The third kappa shape index (κ3) is 5.68. The highest BCUT2D eigenvalue weighted by Crippen LogP contribution is 2.40. The maximum atomic E-state index is 12.0. The highest BCUT2D eigenvalue weighted by Gasteiger charge is 2.13. The lowest BCUT2D eigenvalue weighted by Gasteiger charge is -2.15. The van der Waals surface area contributed by atoms with Crippen molar-refractivity contribution in [3.63, 3.8) is 0 Å². The summed E-state index contributed by atoms with van der Waals surface area (Å²) in [5.74, 6) is 1.72. The molecule has 148 valence electrons. The maximum absolute atomic E-state index is 12.0. The van der Waals surface area contributed by atoms with Crippen LogP contribution in [0.4, 0.5) is 17.1 Å². The molecule has 0 aliphatic rings. The second-order valence-electron chi connectivity index (χ2n) is 5.89. The van der Waals surface area contributed by atoms with Crippen LogP contribution < -0.4 is 24.2 Å². The van der Waals surface area contributed by atoms with Gasteiger partial charge in [-0.25, -0.2) is 8.42 Å². The van der Waals surface area contributed by atoms with Crippen molar-refractivity contribution >= 4 is 27.1 Å². The first-order chi connectivity index (χ1) is 12.9. The molecule has 0 bridgehead atoms. The average Bonchev–Trinajstić information content (AvgIpc) is 2.66. The molecule has 8 heteroatoms. The Morgan fingerprint density at radius 1 is 0.852 bits per heavy atom. The van der Waals surface area contributed by atoms with Crippen LogP contribution in [0.25, 0.3) is 0 Å². The Morgan fingerprint density at radius 3 is 1.89 bits per heavy atom. The molecule has 0 aliphatic heterocycles. The van der Waals surface area contributed by atoms with Crippen LogP contribution >= 0.6 is 0 Å². The van der Waals surface area contributed by atoms with Crippen molar-refractivity contribution in [1.82, 2.24) is 0 Å². The smallest absolute Gasteiger partial charge is 0.232 e. The molecule has 0 saturated heterocycles. The second-order valence-corrected chi connectivity index (χ2v) is 7.73. The predicted octanol–water partition coefficient (Wildman–Crippen LogP) is 4.00. The molecule has 0 amide bonds. The molecule has 0 spiro atoms. The summed E-state index contributed by atoms with van der Waals surface area (Å²) in [5, 5.41) is 3.24. The van der Waals surface area contributed by atoms with Gasteiger partial charge in [-0.2, -0.15) is 0 Å². The topological polar surface area (TPSA) is 85.9 Å². The van der Waals surface area contributed by atoms with Gasteiger partial charge < -0.3 is 19.5 Å². The molecule has 0 radical (unpaired) electrons. The van der Waals surface area contributed by atoms with Gasteiger partial charge in [-0.1, -0.05) is 13.3 Å². The molecule has 0 heterocycles. The highest BCUT2D eigenvalue weighted by atomic mass is 32.2. The van der Waals surface area contributed by atoms with E-state index in [0.29, 0.717) is 29.4 Å². The molecular weight excluding hydrogens is 368 g/mol. The van der Waals surface area contributed by atoms with Crippen molar-refractivity contribution in [3.05, 3.63) is 36.4 Å². The monoisotopic (exact) mass is 394 g/mol. The summed E-state index contributed by atoms with van der Waals surface area (Å²) >= 11 is 0. The van der Waals surface area contributed by atoms with E-state index in [9.17, 15) is 8.42 Å². The zero-order valence-corrected chi connectivity index (χ0v) is 16.9. The third-order valence-corrected chi connectivity index (χ3v) is 5.25. The quantitative estimate of drug-likeness (QED) is 0.634. The van der Waals surface area contributed by atoms with Crippen molar-refractivity contribution in [3.8, 4) is 17.2 Å². The maximum Gasteiger partial charge on any atom is 0.232 e. The Bertz CT molecular complexity index is 826. The molecule has 0 aliphatic carbocycles. The normalized spacial score (nSPS) is 11.0. The SMILES string of the molecule is CCCCS(=O)(=O)Nc1ccc(Nc2cc(OC)c(OC)c(OC)c2)cc1. The number of benzene rings is 2. The van der Waals surface area contributed by atoms with Crippen LogP contribution in [-0.4, -0.2) is 35.5 Å². The first-order valence-corrected chi connectivity index (χ1v) is 10.2. The van der Waals surface area contributed by atoms with Crippen molar-refractivity contribution in [1.29, 1.82) is 0 Å². The van der Waals surface area contributed by atoms with Gasteiger partial charge in [-0.3, -0.25) is 4.72 Å². The number of hydrogen-bond donors (Lipinski definition) is 2. The molecule has 2 rings (SSSR count). The van der Waals surface area contributed by atoms with Crippen molar-refractivity contribution in [2.75, 3.05) is 37.1 Å². The van der Waals surface area contributed by atoms with Crippen molar-refractivity contribution in [2.45, 2.75) is 19.8 Å². The Kier molecular flexibility index (Phi) is 7.18. The van der Waals surface area contributed by atoms with E-state index >= 15 is 0 Å². The van der Waals surface area contributed by atoms with Gasteiger partial charge >= 0.3 is 0 Å². The Labute approximate surface area is 160 Å². The van der Waals surface area contributed by atoms with Crippen LogP contribution in [-0.2, 0) is 10.0 Å². The summed E-state index contributed by atoms with van der Waals surface area (Å²) in [7, 11) is 1.35. The van der Waals surface area contributed by atoms with E-state index in [-0.39, 0.29) is 5.75 Å². The number of nitrogens with one attached hydrogen (secondary N) is 2. The number of methoxy groups -OCH3 is 3. The summed E-state index contributed by atoms with van der Waals surface area (Å²) in [4.78, 5) is 0. The minimum absolute atomic E-state index is 0.120. The van der Waals surface area contributed by atoms with E-state index in [2.05, 4.69) is 10.0 Å². The van der Waals surface area contributed by atoms with E-state index in [0.717, 1.165) is 17.8 Å². The van der Waals surface area contributed by atoms with Crippen LogP contribution in [0, 0.1) is 0 Å². The van der Waals surface area contributed by atoms with E-state index in [1.165, 1.54) is 0 Å². The van der Waals surface area contributed by atoms with Crippen molar-refractivity contribution in [2.24, 2.45) is 0 Å². The van der Waals surface area contributed by atoms with E-state index < -0.39 is 10.0 Å². The standard InChI is InChI=1S/C19H26N2O5S/c1-5-6-11-27(22,23)21-15-9-7-14(8-10-15)20-16-12-17(24-2)19(26-4)18(13-16)25-3/h7-10,12-13,20-21H,5-6,11H2,1-4H3. The van der Waals surface area contributed by atoms with Crippen LogP contribution in [0.15, 0.2) is 36.4 Å². The van der Waals surface area contributed by atoms with E-state index in [1.54, 1.807) is 57.7 Å². The van der Waals surface area contributed by atoms with E-state index in [1.807, 2.05) is 6.92 Å². The van der Waals surface area contributed by atoms with Crippen LogP contribution in [0.1, 0.15) is 19.8 Å². The Morgan fingerprint density at radius 2 is 1.41 bits per heavy atom. The number of anilines is 3. The Balaban J connectivity index is 2.15. The zero-order valence-electron chi connectivity index (χ0n) is 16.0. The fraction of sp³-hybridized carbons (Fsp3) is 0.368. The lowest BCUT2D eigenvalue weighted by atomic mass is 10.2. The summed E-state index contributed by atoms with van der Waals surface area (Å²) in [6.45, 7) is 1.96. The summed E-state index contributed by atoms with van der Waals surface area (Å²) in [5.41, 5.74) is 2.07. The Hall–Kier alpha value is -2.61. The molecule has 2 aromatic carbocycles. The summed E-state index contributed by atoms with van der Waals surface area (Å²) in [6, 6.07) is 10.6. The molecular formula is C19H26N2O5S. The fourth-order valence-electron chi connectivity index (χ4n) is 2.51. The molecule has 0 fully saturated rings. The molecule has 2 aromatic rings. The molecule has 0 aromatic heterocycles. The minimum Gasteiger partial charge on any atom is -0.493 e. The number of ether oxygens (including phenoxy) is 3. The third-order valence-electron chi connectivity index (χ3n) is 3.88. The molecule has 7 nitrogen and oxygen atoms in total. The highest BCUT2D eigenvalue weighted by molar-refractivity contribution is 7.92. The molecule has 0 unspecified atom stereocenters. The number of rotatable bonds is 10. The van der Waals surface area contributed by atoms with Gasteiger partial charge in [-0.15, -0.1) is 0 Å². The summed E-state index contributed by atoms with van der Waals surface area (Å²) in [6.07, 6.45) is 1.47. The first kappa shape index (κ1) is 20.7. The molecule has 2 N–H and O–H groups in total. The van der Waals surface area contributed by atoms with Gasteiger partial charge in [-0.05, 0) is 30.7 Å². The summed E-state index contributed by atoms with van der Waals surface area (Å²) < 4.78 is 42.5. The molecule has 0 saturated carbocycles. The minimum atomic E-state index is -3.31. The van der Waals surface area contributed by atoms with Gasteiger partial charge in [0.25, 0.3) is 0 Å². The molecule has 0 atom stereocenters. The largest absolute Gasteiger partial charge is 0.493 e. The van der Waals surface area contributed by atoms with Crippen LogP contribution in [0.5, 0.6) is 17.2 Å². The number of hydrogen-bond acceptors (Lipinski definition) is 6. The van der Waals surface area contributed by atoms with Crippen LogP contribution in [0.3, 0.4) is 0 Å². The van der Waals surface area contributed by atoms with Gasteiger partial charge in [0, 0.05) is 29.2 Å². The lowest BCUT2D eigenvalue weighted by molar-refractivity contribution is 0.324. The van der Waals surface area contributed by atoms with Crippen molar-refractivity contribution < 1.29 is 22.6 Å². The number of unbranched alkanes of at least 4 members (excludes halogenated alkanes) is 1.